The maximum atomic E-state index is 13.6. The zero-order chi connectivity index (χ0) is 21.6. The minimum absolute atomic E-state index is 0.101. The monoisotopic (exact) mass is 414 g/mol. The third-order valence-electron chi connectivity index (χ3n) is 5.35. The first-order chi connectivity index (χ1) is 14.4. The molecule has 2 aromatic carbocycles. The molecular formula is C22H27FN4O3. The number of anilines is 1. The molecule has 8 heteroatoms. The number of hydrogen-bond acceptors (Lipinski definition) is 4. The van der Waals surface area contributed by atoms with E-state index in [0.717, 1.165) is 24.5 Å². The van der Waals surface area contributed by atoms with Crippen LogP contribution >= 0.6 is 0 Å². The number of primary amides is 1. The van der Waals surface area contributed by atoms with Crippen molar-refractivity contribution in [3.63, 3.8) is 0 Å². The normalized spacial score (nSPS) is 16.5. The van der Waals surface area contributed by atoms with E-state index in [1.54, 1.807) is 0 Å². The van der Waals surface area contributed by atoms with Crippen LogP contribution in [0.1, 0.15) is 41.7 Å². The number of nitrogens with two attached hydrogens (primary N) is 1. The van der Waals surface area contributed by atoms with Crippen molar-refractivity contribution in [2.24, 2.45) is 5.73 Å². The average molecular weight is 414 g/mol. The predicted molar refractivity (Wildman–Crippen MR) is 113 cm³/mol. The van der Waals surface area contributed by atoms with Gasteiger partial charge in [0, 0.05) is 37.0 Å². The van der Waals surface area contributed by atoms with Gasteiger partial charge in [0.25, 0.3) is 5.91 Å². The van der Waals surface area contributed by atoms with Gasteiger partial charge in [-0.1, -0.05) is 30.3 Å². The summed E-state index contributed by atoms with van der Waals surface area (Å²) in [5, 5.41) is 9.17. The first-order valence-electron chi connectivity index (χ1n) is 9.93. The molecule has 0 saturated carbocycles. The predicted octanol–water partition coefficient (Wildman–Crippen LogP) is 2.95. The van der Waals surface area contributed by atoms with Crippen LogP contribution in [0.3, 0.4) is 0 Å². The number of amides is 3. The van der Waals surface area contributed by atoms with Gasteiger partial charge in [-0.15, -0.1) is 0 Å². The number of nitrogens with one attached hydrogen (secondary N) is 3. The van der Waals surface area contributed by atoms with Gasteiger partial charge in [0.1, 0.15) is 5.82 Å². The third-order valence-corrected chi connectivity index (χ3v) is 5.35. The van der Waals surface area contributed by atoms with Crippen molar-refractivity contribution < 1.29 is 18.7 Å². The summed E-state index contributed by atoms with van der Waals surface area (Å²) in [6.45, 7) is 3.70. The molecule has 30 heavy (non-hydrogen) atoms. The molecule has 1 fully saturated rings. The smallest absolute Gasteiger partial charge is 0.319 e. The van der Waals surface area contributed by atoms with Gasteiger partial charge in [-0.25, -0.2) is 9.18 Å². The highest BCUT2D eigenvalue weighted by molar-refractivity contribution is 5.96. The van der Waals surface area contributed by atoms with Gasteiger partial charge in [-0.05, 0) is 43.5 Å². The van der Waals surface area contributed by atoms with Gasteiger partial charge in [-0.2, -0.15) is 0 Å². The van der Waals surface area contributed by atoms with Crippen LogP contribution in [0.15, 0.2) is 48.5 Å². The second-order valence-corrected chi connectivity index (χ2v) is 7.54. The number of carbonyl (C=O) groups is 2. The molecule has 1 aliphatic heterocycles. The topological polar surface area (TPSA) is 105 Å². The molecule has 1 aliphatic rings. The highest BCUT2D eigenvalue weighted by Crippen LogP contribution is 2.25. The molecule has 1 unspecified atom stereocenters. The van der Waals surface area contributed by atoms with Crippen molar-refractivity contribution in [1.29, 1.82) is 0 Å². The van der Waals surface area contributed by atoms with E-state index in [4.69, 9.17) is 10.5 Å². The zero-order valence-electron chi connectivity index (χ0n) is 16.9. The summed E-state index contributed by atoms with van der Waals surface area (Å²) in [4.78, 5) is 23.7. The summed E-state index contributed by atoms with van der Waals surface area (Å²) in [5.41, 5.74) is 6.02. The van der Waals surface area contributed by atoms with Crippen LogP contribution in [-0.2, 0) is 4.74 Å². The van der Waals surface area contributed by atoms with Gasteiger partial charge < -0.3 is 26.4 Å². The molecule has 0 bridgehead atoms. The van der Waals surface area contributed by atoms with Crippen LogP contribution in [0.4, 0.5) is 14.9 Å². The largest absolute Gasteiger partial charge is 0.381 e. The van der Waals surface area contributed by atoms with Crippen LogP contribution in [0.2, 0.25) is 0 Å². The van der Waals surface area contributed by atoms with Crippen molar-refractivity contribution >= 4 is 17.6 Å². The van der Waals surface area contributed by atoms with Crippen LogP contribution in [0.25, 0.3) is 0 Å². The number of hydrogen-bond donors (Lipinski definition) is 4. The molecule has 1 atom stereocenters. The summed E-state index contributed by atoms with van der Waals surface area (Å²) in [6, 6.07) is 13.5. The fraction of sp³-hybridized carbons (Fsp3) is 0.364. The van der Waals surface area contributed by atoms with E-state index in [9.17, 15) is 14.0 Å². The lowest BCUT2D eigenvalue weighted by molar-refractivity contribution is 0.0349. The lowest BCUT2D eigenvalue weighted by atomic mass is 9.88. The Morgan fingerprint density at radius 1 is 1.17 bits per heavy atom. The highest BCUT2D eigenvalue weighted by atomic mass is 19.1. The summed E-state index contributed by atoms with van der Waals surface area (Å²) in [7, 11) is 0. The van der Waals surface area contributed by atoms with Crippen LogP contribution in [0, 0.1) is 5.82 Å². The van der Waals surface area contributed by atoms with Gasteiger partial charge in [0.2, 0.25) is 0 Å². The molecule has 7 nitrogen and oxygen atoms in total. The Kier molecular flexibility index (Phi) is 7.02. The first-order valence-corrected chi connectivity index (χ1v) is 9.93. The van der Waals surface area contributed by atoms with E-state index in [1.165, 1.54) is 12.1 Å². The second kappa shape index (κ2) is 9.69. The van der Waals surface area contributed by atoms with E-state index in [1.807, 2.05) is 18.2 Å². The summed E-state index contributed by atoms with van der Waals surface area (Å²) in [6.07, 6.45) is 1.51. The quantitative estimate of drug-likeness (QED) is 0.559. The number of halogens is 1. The number of rotatable bonds is 7. The standard InChI is InChI=1S/C22H27FN4O3/c1-15(16-5-3-2-4-6-16)27-22(9-11-30-12-10-22)14-25-21(29)26-17-7-8-19(23)18(13-17)20(24)28/h2-8,13,15,27H,9-12,14H2,1H3,(H2,24,28)(H2,25,26,29). The van der Waals surface area contributed by atoms with Crippen molar-refractivity contribution in [2.75, 3.05) is 25.1 Å². The second-order valence-electron chi connectivity index (χ2n) is 7.54. The molecule has 0 aliphatic carbocycles. The summed E-state index contributed by atoms with van der Waals surface area (Å²) < 4.78 is 19.1. The number of carbonyl (C=O) groups excluding carboxylic acids is 2. The van der Waals surface area contributed by atoms with Crippen LogP contribution < -0.4 is 21.7 Å². The molecule has 160 valence electrons. The van der Waals surface area contributed by atoms with Gasteiger partial charge in [0.05, 0.1) is 5.56 Å². The van der Waals surface area contributed by atoms with E-state index in [2.05, 4.69) is 35.0 Å². The van der Waals surface area contributed by atoms with E-state index >= 15 is 0 Å². The van der Waals surface area contributed by atoms with E-state index < -0.39 is 17.8 Å². The molecule has 1 heterocycles. The van der Waals surface area contributed by atoms with Crippen molar-refractivity contribution in [2.45, 2.75) is 31.3 Å². The lowest BCUT2D eigenvalue weighted by Crippen LogP contribution is -2.57. The Labute approximate surface area is 175 Å². The molecule has 0 aromatic heterocycles. The number of ether oxygens (including phenoxy) is 1. The molecule has 5 N–H and O–H groups in total. The Morgan fingerprint density at radius 3 is 2.53 bits per heavy atom. The fourth-order valence-corrected chi connectivity index (χ4v) is 3.64. The zero-order valence-corrected chi connectivity index (χ0v) is 16.9. The maximum Gasteiger partial charge on any atom is 0.319 e. The Morgan fingerprint density at radius 2 is 1.87 bits per heavy atom. The third kappa shape index (κ3) is 5.55. The van der Waals surface area contributed by atoms with Gasteiger partial charge >= 0.3 is 6.03 Å². The Balaban J connectivity index is 1.63. The van der Waals surface area contributed by atoms with E-state index in [0.29, 0.717) is 19.8 Å². The van der Waals surface area contributed by atoms with Gasteiger partial charge in [0.15, 0.2) is 0 Å². The number of urea groups is 1. The molecule has 3 amide bonds. The summed E-state index contributed by atoms with van der Waals surface area (Å²) >= 11 is 0. The average Bonchev–Trinajstić information content (AvgIpc) is 2.75. The minimum atomic E-state index is -0.892. The minimum Gasteiger partial charge on any atom is -0.381 e. The van der Waals surface area contributed by atoms with Crippen molar-refractivity contribution in [3.05, 3.63) is 65.5 Å². The first kappa shape index (κ1) is 21.7. The maximum absolute atomic E-state index is 13.6. The molecule has 0 radical (unpaired) electrons. The van der Waals surface area contributed by atoms with Gasteiger partial charge in [-0.3, -0.25) is 4.79 Å². The van der Waals surface area contributed by atoms with Crippen LogP contribution in [-0.4, -0.2) is 37.2 Å². The fourth-order valence-electron chi connectivity index (χ4n) is 3.64. The molecule has 2 aromatic rings. The highest BCUT2D eigenvalue weighted by Gasteiger charge is 2.34. The lowest BCUT2D eigenvalue weighted by Gasteiger charge is -2.40. The Hall–Kier alpha value is -2.97. The summed E-state index contributed by atoms with van der Waals surface area (Å²) in [5.74, 6) is -1.62. The molecule has 1 saturated heterocycles. The van der Waals surface area contributed by atoms with Crippen LogP contribution in [0.5, 0.6) is 0 Å². The van der Waals surface area contributed by atoms with Crippen molar-refractivity contribution in [3.8, 4) is 0 Å². The molecule has 3 rings (SSSR count). The number of benzene rings is 2. The van der Waals surface area contributed by atoms with E-state index in [-0.39, 0.29) is 22.8 Å². The SMILES string of the molecule is CC(NC1(CNC(=O)Nc2ccc(F)c(C(N)=O)c2)CCOCC1)c1ccccc1. The molecular weight excluding hydrogens is 387 g/mol. The Bertz CT molecular complexity index is 885. The molecule has 0 spiro atoms. The van der Waals surface area contributed by atoms with Crippen molar-refractivity contribution in [1.82, 2.24) is 10.6 Å².